The minimum Gasteiger partial charge on any atom is -0.0877 e. The Morgan fingerprint density at radius 1 is 1.18 bits per heavy atom. The molecule has 2 heteroatoms. The van der Waals surface area contributed by atoms with E-state index >= 15 is 0 Å². The second kappa shape index (κ2) is 10.4. The van der Waals surface area contributed by atoms with Crippen LogP contribution in [0.15, 0.2) is 12.2 Å². The molecule has 0 aliphatic rings. The molecule has 0 N–H and O–H groups in total. The lowest BCUT2D eigenvalue weighted by Gasteiger charge is -1.93. The zero-order valence-electron chi connectivity index (χ0n) is 7.21. The molecule has 0 aromatic heterocycles. The van der Waals surface area contributed by atoms with Crippen molar-refractivity contribution in [2.24, 2.45) is 0 Å². The van der Waals surface area contributed by atoms with Gasteiger partial charge < -0.3 is 0 Å². The van der Waals surface area contributed by atoms with Gasteiger partial charge in [0.2, 0.25) is 0 Å². The summed E-state index contributed by atoms with van der Waals surface area (Å²) in [7, 11) is 1.47. The summed E-state index contributed by atoms with van der Waals surface area (Å²) in [4.78, 5) is 0. The molecular formula is C9H17S2. The van der Waals surface area contributed by atoms with E-state index in [9.17, 15) is 0 Å². The van der Waals surface area contributed by atoms with Crippen LogP contribution in [-0.2, 0) is 0 Å². The van der Waals surface area contributed by atoms with Crippen molar-refractivity contribution in [3.05, 3.63) is 12.2 Å². The van der Waals surface area contributed by atoms with Gasteiger partial charge in [0.05, 0.1) is 0 Å². The van der Waals surface area contributed by atoms with Crippen molar-refractivity contribution < 1.29 is 0 Å². The highest BCUT2D eigenvalue weighted by atomic mass is 33.1. The van der Waals surface area contributed by atoms with Gasteiger partial charge in [-0.25, -0.2) is 0 Å². The molecule has 0 heterocycles. The van der Waals surface area contributed by atoms with Crippen LogP contribution in [0.25, 0.3) is 0 Å². The summed E-state index contributed by atoms with van der Waals surface area (Å²) in [5, 5.41) is 0. The minimum absolute atomic E-state index is 0.989. The summed E-state index contributed by atoms with van der Waals surface area (Å²) in [6.07, 6.45) is 11.1. The predicted octanol–water partition coefficient (Wildman–Crippen LogP) is 4.36. The van der Waals surface area contributed by atoms with Crippen molar-refractivity contribution in [3.63, 3.8) is 0 Å². The maximum absolute atomic E-state index is 4.74. The van der Waals surface area contributed by atoms with E-state index in [1.54, 1.807) is 0 Å². The van der Waals surface area contributed by atoms with Gasteiger partial charge in [-0.2, -0.15) is 0 Å². The summed E-state index contributed by atoms with van der Waals surface area (Å²) in [5.41, 5.74) is 0. The second-order valence-corrected chi connectivity index (χ2v) is 3.88. The van der Waals surface area contributed by atoms with Crippen molar-refractivity contribution >= 4 is 22.5 Å². The Balaban J connectivity index is 2.89. The van der Waals surface area contributed by atoms with Gasteiger partial charge in [0, 0.05) is 5.75 Å². The van der Waals surface area contributed by atoms with Crippen LogP contribution in [0.1, 0.15) is 39.0 Å². The van der Waals surface area contributed by atoms with E-state index < -0.39 is 0 Å². The lowest BCUT2D eigenvalue weighted by Crippen LogP contribution is -1.73. The maximum atomic E-state index is 4.74. The fourth-order valence-electron chi connectivity index (χ4n) is 0.914. The molecule has 0 bridgehead atoms. The van der Waals surface area contributed by atoms with Crippen LogP contribution in [-0.4, -0.2) is 5.75 Å². The van der Waals surface area contributed by atoms with Gasteiger partial charge >= 0.3 is 0 Å². The van der Waals surface area contributed by atoms with Crippen LogP contribution in [0.2, 0.25) is 0 Å². The first kappa shape index (κ1) is 11.4. The lowest BCUT2D eigenvalue weighted by atomic mass is 10.1. The van der Waals surface area contributed by atoms with Gasteiger partial charge in [0.1, 0.15) is 0 Å². The third-order valence-electron chi connectivity index (χ3n) is 1.56. The topological polar surface area (TPSA) is 0 Å². The van der Waals surface area contributed by atoms with E-state index in [0.29, 0.717) is 0 Å². The molecule has 0 unspecified atom stereocenters. The summed E-state index contributed by atoms with van der Waals surface area (Å²) in [5.74, 6) is 0.989. The Bertz CT molecular complexity index is 89.6. The van der Waals surface area contributed by atoms with Gasteiger partial charge in [0.25, 0.3) is 0 Å². The molecule has 0 rings (SSSR count). The van der Waals surface area contributed by atoms with Crippen LogP contribution in [0.3, 0.4) is 0 Å². The fourth-order valence-corrected chi connectivity index (χ4v) is 1.36. The first-order chi connectivity index (χ1) is 5.41. The molecule has 0 spiro atoms. The van der Waals surface area contributed by atoms with Gasteiger partial charge in [-0.05, 0) is 24.5 Å². The van der Waals surface area contributed by atoms with Crippen molar-refractivity contribution in [3.8, 4) is 0 Å². The van der Waals surface area contributed by atoms with Gasteiger partial charge in [0.15, 0.2) is 0 Å². The largest absolute Gasteiger partial charge is 0.0877 e. The summed E-state index contributed by atoms with van der Waals surface area (Å²) in [6.45, 7) is 2.24. The minimum atomic E-state index is 0.989. The molecule has 11 heavy (non-hydrogen) atoms. The molecule has 0 atom stereocenters. The Hall–Kier alpha value is 0.440. The molecule has 0 amide bonds. The zero-order chi connectivity index (χ0) is 8.36. The molecule has 1 radical (unpaired) electrons. The summed E-state index contributed by atoms with van der Waals surface area (Å²) < 4.78 is 0. The van der Waals surface area contributed by atoms with Crippen LogP contribution in [0, 0.1) is 0 Å². The molecule has 0 fully saturated rings. The molecule has 0 aromatic rings. The van der Waals surface area contributed by atoms with E-state index in [0.717, 1.165) is 5.75 Å². The van der Waals surface area contributed by atoms with Gasteiger partial charge in [-0.15, -0.1) is 0 Å². The van der Waals surface area contributed by atoms with Crippen LogP contribution < -0.4 is 0 Å². The highest BCUT2D eigenvalue weighted by Gasteiger charge is 1.83. The van der Waals surface area contributed by atoms with Gasteiger partial charge in [-0.3, -0.25) is 0 Å². The first-order valence-electron chi connectivity index (χ1n) is 4.31. The van der Waals surface area contributed by atoms with Crippen molar-refractivity contribution in [2.45, 2.75) is 39.0 Å². The smallest absolute Gasteiger partial charge is 0.0226 e. The average molecular weight is 189 g/mol. The Kier molecular flexibility index (Phi) is 10.9. The van der Waals surface area contributed by atoms with E-state index in [1.807, 2.05) is 0 Å². The number of rotatable bonds is 7. The third kappa shape index (κ3) is 10.4. The normalized spacial score (nSPS) is 11.1. The molecule has 65 valence electrons. The molecule has 0 saturated heterocycles. The van der Waals surface area contributed by atoms with E-state index in [4.69, 9.17) is 11.7 Å². The first-order valence-corrected chi connectivity index (χ1v) is 6.22. The van der Waals surface area contributed by atoms with Gasteiger partial charge in [-0.1, -0.05) is 49.1 Å². The lowest BCUT2D eigenvalue weighted by molar-refractivity contribution is 0.674. The van der Waals surface area contributed by atoms with Crippen LogP contribution in [0.5, 0.6) is 0 Å². The molecule has 0 aromatic carbocycles. The Morgan fingerprint density at radius 2 is 2.00 bits per heavy atom. The molecule has 0 aliphatic carbocycles. The highest BCUT2D eigenvalue weighted by Crippen LogP contribution is 2.06. The number of allylic oxidation sites excluding steroid dienone is 1. The quantitative estimate of drug-likeness (QED) is 0.326. The number of hydrogen-bond donors (Lipinski definition) is 0. The van der Waals surface area contributed by atoms with E-state index in [-0.39, 0.29) is 0 Å². The summed E-state index contributed by atoms with van der Waals surface area (Å²) >= 11 is 4.74. The molecule has 0 aliphatic heterocycles. The van der Waals surface area contributed by atoms with Crippen molar-refractivity contribution in [1.82, 2.24) is 0 Å². The van der Waals surface area contributed by atoms with E-state index in [1.165, 1.54) is 42.9 Å². The second-order valence-electron chi connectivity index (χ2n) is 2.61. The average Bonchev–Trinajstić information content (AvgIpc) is 2.03. The Morgan fingerprint density at radius 3 is 2.64 bits per heavy atom. The fraction of sp³-hybridized carbons (Fsp3) is 0.778. The maximum Gasteiger partial charge on any atom is 0.0226 e. The number of hydrogen-bond acceptors (Lipinski definition) is 1. The number of unbranched alkanes of at least 4 members (excludes halogenated alkanes) is 4. The SMILES string of the molecule is CCCCCC/C=C/CS[S]. The molecule has 0 nitrogen and oxygen atoms in total. The molecular weight excluding hydrogens is 172 g/mol. The third-order valence-corrected chi connectivity index (χ3v) is 2.29. The van der Waals surface area contributed by atoms with Crippen molar-refractivity contribution in [1.29, 1.82) is 0 Å². The molecule has 0 saturated carbocycles. The highest BCUT2D eigenvalue weighted by molar-refractivity contribution is 8.68. The van der Waals surface area contributed by atoms with Crippen molar-refractivity contribution in [2.75, 3.05) is 5.75 Å². The zero-order valence-corrected chi connectivity index (χ0v) is 8.85. The predicted molar refractivity (Wildman–Crippen MR) is 57.9 cm³/mol. The van der Waals surface area contributed by atoms with Crippen LogP contribution in [0.4, 0.5) is 0 Å². The standard InChI is InChI=1S/C9H17S2/c1-2-3-4-5-6-7-8-9-11-10/h7-8H,2-6,9H2,1H3/b8-7+. The summed E-state index contributed by atoms with van der Waals surface area (Å²) in [6, 6.07) is 0. The Labute approximate surface area is 79.6 Å². The monoisotopic (exact) mass is 189 g/mol. The van der Waals surface area contributed by atoms with E-state index in [2.05, 4.69) is 19.1 Å². The van der Waals surface area contributed by atoms with Crippen LogP contribution >= 0.6 is 22.5 Å².